The second kappa shape index (κ2) is 7.11. The zero-order valence-electron chi connectivity index (χ0n) is 12.9. The molecule has 3 N–H and O–H groups in total. The number of rotatable bonds is 5. The first-order chi connectivity index (χ1) is 11.5. The fraction of sp³-hybridized carbons (Fsp3) is 0.176. The van der Waals surface area contributed by atoms with E-state index in [9.17, 15) is 15.0 Å². The fourth-order valence-corrected chi connectivity index (χ4v) is 4.15. The summed E-state index contributed by atoms with van der Waals surface area (Å²) in [5, 5.41) is 21.5. The van der Waals surface area contributed by atoms with E-state index in [1.54, 1.807) is 17.4 Å². The van der Waals surface area contributed by atoms with Crippen molar-refractivity contribution in [3.63, 3.8) is 0 Å². The van der Waals surface area contributed by atoms with Crippen molar-refractivity contribution in [2.45, 2.75) is 17.8 Å². The summed E-state index contributed by atoms with van der Waals surface area (Å²) in [5.41, 5.74) is 2.84. The molecule has 5 nitrogen and oxygen atoms in total. The van der Waals surface area contributed by atoms with Crippen molar-refractivity contribution in [2.75, 3.05) is 5.75 Å². The maximum atomic E-state index is 12.0. The van der Waals surface area contributed by atoms with Gasteiger partial charge in [-0.25, -0.2) is 4.98 Å². The van der Waals surface area contributed by atoms with E-state index in [1.807, 2.05) is 25.1 Å². The van der Waals surface area contributed by atoms with Crippen LogP contribution >= 0.6 is 23.1 Å². The van der Waals surface area contributed by atoms with E-state index in [-0.39, 0.29) is 23.2 Å². The smallest absolute Gasteiger partial charge is 0.230 e. The van der Waals surface area contributed by atoms with Crippen molar-refractivity contribution in [1.82, 2.24) is 10.3 Å². The van der Waals surface area contributed by atoms with Crippen LogP contribution in [0, 0.1) is 6.92 Å². The van der Waals surface area contributed by atoms with Crippen LogP contribution in [0.2, 0.25) is 0 Å². The summed E-state index contributed by atoms with van der Waals surface area (Å²) in [4.78, 5) is 16.5. The molecule has 1 aromatic heterocycles. The number of carbonyl (C=O) groups is 1. The lowest BCUT2D eigenvalue weighted by Crippen LogP contribution is -2.24. The van der Waals surface area contributed by atoms with Crippen LogP contribution in [0.4, 0.5) is 0 Å². The van der Waals surface area contributed by atoms with Crippen LogP contribution in [0.5, 0.6) is 11.5 Å². The van der Waals surface area contributed by atoms with Crippen molar-refractivity contribution in [1.29, 1.82) is 0 Å². The van der Waals surface area contributed by atoms with E-state index in [4.69, 9.17) is 0 Å². The number of nitrogens with zero attached hydrogens (tertiary/aromatic N) is 1. The molecule has 3 aromatic rings. The van der Waals surface area contributed by atoms with E-state index in [0.29, 0.717) is 6.54 Å². The Bertz CT molecular complexity index is 893. The highest BCUT2D eigenvalue weighted by atomic mass is 32.2. The molecule has 2 aromatic carbocycles. The number of carbonyl (C=O) groups excluding carboxylic acids is 1. The minimum Gasteiger partial charge on any atom is -0.504 e. The number of nitrogens with one attached hydrogen (secondary N) is 1. The highest BCUT2D eigenvalue weighted by Crippen LogP contribution is 2.31. The quantitative estimate of drug-likeness (QED) is 0.480. The fourth-order valence-electron chi connectivity index (χ4n) is 2.19. The van der Waals surface area contributed by atoms with Crippen LogP contribution in [0.1, 0.15) is 11.1 Å². The second-order valence-electron chi connectivity index (χ2n) is 5.29. The Hall–Kier alpha value is -2.25. The van der Waals surface area contributed by atoms with Crippen molar-refractivity contribution in [3.05, 3.63) is 47.5 Å². The summed E-state index contributed by atoms with van der Waals surface area (Å²) < 4.78 is 1.99. The molecular weight excluding hydrogens is 344 g/mol. The van der Waals surface area contributed by atoms with Crippen molar-refractivity contribution < 1.29 is 15.0 Å². The van der Waals surface area contributed by atoms with Crippen LogP contribution in [0.25, 0.3) is 10.2 Å². The summed E-state index contributed by atoms with van der Waals surface area (Å²) in [6.07, 6.45) is 0. The first-order valence-corrected chi connectivity index (χ1v) is 9.09. The third-order valence-corrected chi connectivity index (χ3v) is 5.62. The van der Waals surface area contributed by atoms with Crippen LogP contribution in [-0.2, 0) is 11.3 Å². The molecule has 124 valence electrons. The predicted octanol–water partition coefficient (Wildman–Crippen LogP) is 3.42. The summed E-state index contributed by atoms with van der Waals surface area (Å²) >= 11 is 2.99. The number of phenols is 2. The normalized spacial score (nSPS) is 10.9. The van der Waals surface area contributed by atoms with Crippen LogP contribution in [0.3, 0.4) is 0 Å². The second-order valence-corrected chi connectivity index (χ2v) is 7.54. The molecular formula is C17H16N2O3S2. The van der Waals surface area contributed by atoms with Crippen LogP contribution < -0.4 is 5.32 Å². The Morgan fingerprint density at radius 2 is 2.08 bits per heavy atom. The van der Waals surface area contributed by atoms with Crippen molar-refractivity contribution in [2.24, 2.45) is 0 Å². The Labute approximate surface area is 147 Å². The first kappa shape index (κ1) is 16.6. The number of aromatic nitrogens is 1. The average Bonchev–Trinajstić information content (AvgIpc) is 2.99. The number of amides is 1. The number of fused-ring (bicyclic) bond motifs is 1. The number of para-hydroxylation sites is 1. The molecule has 7 heteroatoms. The largest absolute Gasteiger partial charge is 0.504 e. The van der Waals surface area contributed by atoms with Gasteiger partial charge in [0.1, 0.15) is 0 Å². The van der Waals surface area contributed by atoms with Gasteiger partial charge in [0.05, 0.1) is 16.0 Å². The summed E-state index contributed by atoms with van der Waals surface area (Å²) in [5.74, 6) is -0.195. The molecule has 0 fully saturated rings. The molecule has 0 atom stereocenters. The monoisotopic (exact) mass is 360 g/mol. The maximum absolute atomic E-state index is 12.0. The van der Waals surface area contributed by atoms with Gasteiger partial charge in [-0.1, -0.05) is 30.0 Å². The van der Waals surface area contributed by atoms with Gasteiger partial charge in [-0.3, -0.25) is 4.79 Å². The summed E-state index contributed by atoms with van der Waals surface area (Å²) in [6.45, 7) is 2.32. The molecule has 0 bridgehead atoms. The number of aromatic hydroxyl groups is 2. The van der Waals surface area contributed by atoms with Gasteiger partial charge >= 0.3 is 0 Å². The SMILES string of the molecule is Cc1cccc2sc(SCC(=O)NCc3ccc(O)c(O)c3)nc12. The average molecular weight is 360 g/mol. The third-order valence-electron chi connectivity index (χ3n) is 3.46. The Morgan fingerprint density at radius 3 is 2.83 bits per heavy atom. The molecule has 0 radical (unpaired) electrons. The molecule has 1 heterocycles. The minimum absolute atomic E-state index is 0.108. The van der Waals surface area contributed by atoms with Gasteiger partial charge in [-0.05, 0) is 36.2 Å². The van der Waals surface area contributed by atoms with Gasteiger partial charge < -0.3 is 15.5 Å². The third kappa shape index (κ3) is 3.80. The molecule has 0 unspecified atom stereocenters. The molecule has 0 saturated carbocycles. The predicted molar refractivity (Wildman–Crippen MR) is 96.7 cm³/mol. The summed E-state index contributed by atoms with van der Waals surface area (Å²) in [6, 6.07) is 10.5. The number of thiazole rings is 1. The molecule has 24 heavy (non-hydrogen) atoms. The Kier molecular flexibility index (Phi) is 4.92. The van der Waals surface area contributed by atoms with E-state index in [2.05, 4.69) is 10.3 Å². The molecule has 0 spiro atoms. The van der Waals surface area contributed by atoms with E-state index in [0.717, 1.165) is 25.7 Å². The van der Waals surface area contributed by atoms with E-state index >= 15 is 0 Å². The van der Waals surface area contributed by atoms with Gasteiger partial charge in [-0.15, -0.1) is 11.3 Å². The minimum atomic E-state index is -0.194. The molecule has 1 amide bonds. The van der Waals surface area contributed by atoms with Crippen molar-refractivity contribution in [3.8, 4) is 11.5 Å². The lowest BCUT2D eigenvalue weighted by molar-refractivity contribution is -0.118. The first-order valence-electron chi connectivity index (χ1n) is 7.29. The zero-order valence-corrected chi connectivity index (χ0v) is 14.6. The molecule has 3 rings (SSSR count). The van der Waals surface area contributed by atoms with Gasteiger partial charge in [0.15, 0.2) is 15.8 Å². The highest BCUT2D eigenvalue weighted by molar-refractivity contribution is 8.01. The Morgan fingerprint density at radius 1 is 1.25 bits per heavy atom. The topological polar surface area (TPSA) is 82.5 Å². The summed E-state index contributed by atoms with van der Waals surface area (Å²) in [7, 11) is 0. The Balaban J connectivity index is 1.54. The number of benzene rings is 2. The maximum Gasteiger partial charge on any atom is 0.230 e. The number of phenolic OH excluding ortho intramolecular Hbond substituents is 2. The van der Waals surface area contributed by atoms with Crippen LogP contribution in [0.15, 0.2) is 40.7 Å². The highest BCUT2D eigenvalue weighted by Gasteiger charge is 2.09. The number of hydrogen-bond acceptors (Lipinski definition) is 6. The molecule has 0 aliphatic heterocycles. The number of hydrogen-bond donors (Lipinski definition) is 3. The van der Waals surface area contributed by atoms with Gasteiger partial charge in [0.25, 0.3) is 0 Å². The lowest BCUT2D eigenvalue weighted by Gasteiger charge is -2.05. The van der Waals surface area contributed by atoms with Gasteiger partial charge in [-0.2, -0.15) is 0 Å². The van der Waals surface area contributed by atoms with Crippen LogP contribution in [-0.4, -0.2) is 26.9 Å². The van der Waals surface area contributed by atoms with E-state index < -0.39 is 0 Å². The number of aryl methyl sites for hydroxylation is 1. The number of thioether (sulfide) groups is 1. The van der Waals surface area contributed by atoms with E-state index in [1.165, 1.54) is 23.9 Å². The van der Waals surface area contributed by atoms with Gasteiger partial charge in [0, 0.05) is 6.54 Å². The molecule has 0 aliphatic rings. The zero-order chi connectivity index (χ0) is 17.1. The van der Waals surface area contributed by atoms with Crippen molar-refractivity contribution >= 4 is 39.2 Å². The molecule has 0 aliphatic carbocycles. The van der Waals surface area contributed by atoms with Gasteiger partial charge in [0.2, 0.25) is 5.91 Å². The lowest BCUT2D eigenvalue weighted by atomic mass is 10.2. The molecule has 0 saturated heterocycles. The standard InChI is InChI=1S/C17H16N2O3S2/c1-10-3-2-4-14-16(10)19-17(24-14)23-9-15(22)18-8-11-5-6-12(20)13(21)7-11/h2-7,20-21H,8-9H2,1H3,(H,18,22).